The summed E-state index contributed by atoms with van der Waals surface area (Å²) in [6, 6.07) is 8.66. The molecule has 1 heterocycles. The molecule has 1 amide bonds. The fraction of sp³-hybridized carbons (Fsp3) is 0.636. The molecule has 0 bridgehead atoms. The van der Waals surface area contributed by atoms with E-state index in [2.05, 4.69) is 38.0 Å². The topological polar surface area (TPSA) is 78.0 Å². The molecule has 0 spiro atoms. The number of aliphatic imine (C=N–C) groups is 1. The highest BCUT2D eigenvalue weighted by atomic mass is 16.5. The molecule has 1 saturated heterocycles. The van der Waals surface area contributed by atoms with Crippen LogP contribution in [-0.2, 0) is 4.79 Å². The summed E-state index contributed by atoms with van der Waals surface area (Å²) in [6.45, 7) is 4.30. The number of carbonyl (C=O) groups excluding carboxylic acids is 1. The zero-order chi connectivity index (χ0) is 20.5. The second-order valence-electron chi connectivity index (χ2n) is 7.83. The van der Waals surface area contributed by atoms with Crippen molar-refractivity contribution in [3.63, 3.8) is 0 Å². The first kappa shape index (κ1) is 21.4. The number of piperidine rings is 1. The Kier molecular flexibility index (Phi) is 8.16. The minimum absolute atomic E-state index is 0.180. The maximum Gasteiger partial charge on any atom is 0.223 e. The molecule has 7 heteroatoms. The second-order valence-corrected chi connectivity index (χ2v) is 7.83. The molecular formula is C22H35N5O2. The standard InChI is InChI=1S/C22H35N5O2/c1-23-22(25-13-12-24-21(28)18-6-7-18)26-16-20(27-14-4-3-5-15-27)17-8-10-19(29-2)11-9-17/h8-11,18,20H,3-7,12-16H2,1-2H3,(H,24,28)(H2,23,25,26). The molecule has 3 rings (SSSR count). The number of nitrogens with one attached hydrogen (secondary N) is 3. The summed E-state index contributed by atoms with van der Waals surface area (Å²) >= 11 is 0. The van der Waals surface area contributed by atoms with Crippen LogP contribution in [0.2, 0.25) is 0 Å². The Balaban J connectivity index is 1.52. The third kappa shape index (κ3) is 6.63. The van der Waals surface area contributed by atoms with Crippen LogP contribution in [0.3, 0.4) is 0 Å². The van der Waals surface area contributed by atoms with Crippen molar-refractivity contribution in [1.29, 1.82) is 0 Å². The Labute approximate surface area is 174 Å². The summed E-state index contributed by atoms with van der Waals surface area (Å²) < 4.78 is 5.31. The largest absolute Gasteiger partial charge is 0.497 e. The van der Waals surface area contributed by atoms with Gasteiger partial charge in [-0.3, -0.25) is 14.7 Å². The van der Waals surface area contributed by atoms with Gasteiger partial charge in [0, 0.05) is 32.6 Å². The predicted octanol–water partition coefficient (Wildman–Crippen LogP) is 1.91. The lowest BCUT2D eigenvalue weighted by molar-refractivity contribution is -0.122. The fourth-order valence-electron chi connectivity index (χ4n) is 3.78. The molecule has 160 valence electrons. The Morgan fingerprint density at radius 2 is 1.79 bits per heavy atom. The zero-order valence-corrected chi connectivity index (χ0v) is 17.7. The number of methoxy groups -OCH3 is 1. The number of amides is 1. The molecule has 1 aliphatic heterocycles. The molecule has 1 aliphatic carbocycles. The quantitative estimate of drug-likeness (QED) is 0.335. The van der Waals surface area contributed by atoms with E-state index in [1.807, 2.05) is 12.1 Å². The normalized spacial score (nSPS) is 18.8. The lowest BCUT2D eigenvalue weighted by Crippen LogP contribution is -2.46. The number of likely N-dealkylation sites (tertiary alicyclic amines) is 1. The molecular weight excluding hydrogens is 366 g/mol. The molecule has 2 aliphatic rings. The van der Waals surface area contributed by atoms with Gasteiger partial charge in [0.1, 0.15) is 5.75 Å². The van der Waals surface area contributed by atoms with Crippen LogP contribution in [0.1, 0.15) is 43.7 Å². The molecule has 1 aromatic carbocycles. The summed E-state index contributed by atoms with van der Waals surface area (Å²) in [5.74, 6) is 2.08. The fourth-order valence-corrected chi connectivity index (χ4v) is 3.78. The highest BCUT2D eigenvalue weighted by Gasteiger charge is 2.29. The van der Waals surface area contributed by atoms with E-state index in [4.69, 9.17) is 4.74 Å². The van der Waals surface area contributed by atoms with Gasteiger partial charge in [-0.1, -0.05) is 18.6 Å². The van der Waals surface area contributed by atoms with Crippen LogP contribution in [-0.4, -0.2) is 63.6 Å². The molecule has 1 saturated carbocycles. The van der Waals surface area contributed by atoms with Gasteiger partial charge in [0.2, 0.25) is 5.91 Å². The third-order valence-corrected chi connectivity index (χ3v) is 5.68. The van der Waals surface area contributed by atoms with E-state index in [1.165, 1.54) is 24.8 Å². The van der Waals surface area contributed by atoms with E-state index < -0.39 is 0 Å². The molecule has 2 fully saturated rings. The minimum Gasteiger partial charge on any atom is -0.497 e. The Morgan fingerprint density at radius 3 is 2.41 bits per heavy atom. The Morgan fingerprint density at radius 1 is 1.10 bits per heavy atom. The molecule has 1 aromatic rings. The first-order valence-corrected chi connectivity index (χ1v) is 10.8. The van der Waals surface area contributed by atoms with E-state index in [0.29, 0.717) is 13.1 Å². The van der Waals surface area contributed by atoms with Gasteiger partial charge in [-0.25, -0.2) is 0 Å². The van der Waals surface area contributed by atoms with E-state index in [0.717, 1.165) is 44.2 Å². The van der Waals surface area contributed by atoms with Gasteiger partial charge in [0.25, 0.3) is 0 Å². The van der Waals surface area contributed by atoms with Crippen molar-refractivity contribution in [2.75, 3.05) is 46.9 Å². The Bertz CT molecular complexity index is 666. The van der Waals surface area contributed by atoms with Gasteiger partial charge in [-0.2, -0.15) is 0 Å². The summed E-state index contributed by atoms with van der Waals surface area (Å²) in [5, 5.41) is 9.74. The number of rotatable bonds is 9. The lowest BCUT2D eigenvalue weighted by Gasteiger charge is -2.35. The van der Waals surface area contributed by atoms with Gasteiger partial charge in [-0.05, 0) is 56.5 Å². The molecule has 29 heavy (non-hydrogen) atoms. The number of hydrogen-bond donors (Lipinski definition) is 3. The number of carbonyl (C=O) groups is 1. The smallest absolute Gasteiger partial charge is 0.223 e. The van der Waals surface area contributed by atoms with Crippen molar-refractivity contribution in [2.45, 2.75) is 38.1 Å². The number of ether oxygens (including phenoxy) is 1. The first-order valence-electron chi connectivity index (χ1n) is 10.8. The summed E-state index contributed by atoms with van der Waals surface area (Å²) in [5.41, 5.74) is 1.28. The van der Waals surface area contributed by atoms with E-state index in [9.17, 15) is 4.79 Å². The number of guanidine groups is 1. The van der Waals surface area contributed by atoms with E-state index >= 15 is 0 Å². The van der Waals surface area contributed by atoms with Gasteiger partial charge in [0.05, 0.1) is 13.2 Å². The maximum atomic E-state index is 11.7. The highest BCUT2D eigenvalue weighted by Crippen LogP contribution is 2.28. The number of hydrogen-bond acceptors (Lipinski definition) is 4. The second kappa shape index (κ2) is 11.0. The molecule has 1 unspecified atom stereocenters. The molecule has 0 aromatic heterocycles. The van der Waals surface area contributed by atoms with Crippen molar-refractivity contribution in [3.8, 4) is 5.75 Å². The monoisotopic (exact) mass is 401 g/mol. The number of benzene rings is 1. The summed E-state index contributed by atoms with van der Waals surface area (Å²) in [4.78, 5) is 18.6. The van der Waals surface area contributed by atoms with Gasteiger partial charge in [-0.15, -0.1) is 0 Å². The van der Waals surface area contributed by atoms with Gasteiger partial charge < -0.3 is 20.7 Å². The predicted molar refractivity (Wildman–Crippen MR) is 116 cm³/mol. The maximum absolute atomic E-state index is 11.7. The molecule has 3 N–H and O–H groups in total. The molecule has 7 nitrogen and oxygen atoms in total. The van der Waals surface area contributed by atoms with Crippen molar-refractivity contribution in [2.24, 2.45) is 10.9 Å². The highest BCUT2D eigenvalue weighted by molar-refractivity contribution is 5.81. The van der Waals surface area contributed by atoms with Crippen LogP contribution in [0.4, 0.5) is 0 Å². The molecule has 1 atom stereocenters. The zero-order valence-electron chi connectivity index (χ0n) is 17.7. The molecule has 0 radical (unpaired) electrons. The van der Waals surface area contributed by atoms with Crippen molar-refractivity contribution in [3.05, 3.63) is 29.8 Å². The first-order chi connectivity index (χ1) is 14.2. The van der Waals surface area contributed by atoms with E-state index in [-0.39, 0.29) is 17.9 Å². The average Bonchev–Trinajstić information content (AvgIpc) is 3.62. The van der Waals surface area contributed by atoms with Gasteiger partial charge in [0.15, 0.2) is 5.96 Å². The van der Waals surface area contributed by atoms with E-state index in [1.54, 1.807) is 14.2 Å². The summed E-state index contributed by atoms with van der Waals surface area (Å²) in [6.07, 6.45) is 5.88. The lowest BCUT2D eigenvalue weighted by atomic mass is 10.0. The van der Waals surface area contributed by atoms with Crippen molar-refractivity contribution >= 4 is 11.9 Å². The van der Waals surface area contributed by atoms with Crippen LogP contribution in [0.25, 0.3) is 0 Å². The van der Waals surface area contributed by atoms with Crippen LogP contribution in [0, 0.1) is 5.92 Å². The van der Waals surface area contributed by atoms with Gasteiger partial charge >= 0.3 is 0 Å². The average molecular weight is 402 g/mol. The number of nitrogens with zero attached hydrogens (tertiary/aromatic N) is 2. The van der Waals surface area contributed by atoms with Crippen molar-refractivity contribution < 1.29 is 9.53 Å². The van der Waals surface area contributed by atoms with Crippen LogP contribution < -0.4 is 20.7 Å². The summed E-state index contributed by atoms with van der Waals surface area (Å²) in [7, 11) is 3.48. The van der Waals surface area contributed by atoms with Crippen LogP contribution >= 0.6 is 0 Å². The Hall–Kier alpha value is -2.28. The van der Waals surface area contributed by atoms with Crippen LogP contribution in [0.15, 0.2) is 29.3 Å². The van der Waals surface area contributed by atoms with Crippen molar-refractivity contribution in [1.82, 2.24) is 20.9 Å². The SMILES string of the molecule is CN=C(NCCNC(=O)C1CC1)NCC(c1ccc(OC)cc1)N1CCCCC1. The minimum atomic E-state index is 0.180. The third-order valence-electron chi connectivity index (χ3n) is 5.68. The van der Waals surface area contributed by atoms with Crippen LogP contribution in [0.5, 0.6) is 5.75 Å².